The molecular formula is C14H18N6. The second kappa shape index (κ2) is 5.92. The first-order chi connectivity index (χ1) is 9.83. The highest BCUT2D eigenvalue weighted by Gasteiger charge is 2.27. The number of rotatable bonds is 4. The summed E-state index contributed by atoms with van der Waals surface area (Å²) < 4.78 is 0. The molecule has 1 atom stereocenters. The minimum Gasteiger partial charge on any atom is -0.339 e. The van der Waals surface area contributed by atoms with E-state index in [4.69, 9.17) is 0 Å². The molecular weight excluding hydrogens is 252 g/mol. The Bertz CT molecular complexity index is 532. The van der Waals surface area contributed by atoms with Gasteiger partial charge in [-0.2, -0.15) is 0 Å². The SMILES string of the molecule is CN(Cc1ncccn1)C1CCN(c2ncccn2)C1. The Hall–Kier alpha value is -2.08. The molecule has 0 aromatic carbocycles. The third-order valence-electron chi connectivity index (χ3n) is 3.63. The van der Waals surface area contributed by atoms with Crippen LogP contribution >= 0.6 is 0 Å². The molecule has 20 heavy (non-hydrogen) atoms. The molecule has 6 nitrogen and oxygen atoms in total. The van der Waals surface area contributed by atoms with E-state index in [1.165, 1.54) is 0 Å². The van der Waals surface area contributed by atoms with Crippen molar-refractivity contribution in [3.63, 3.8) is 0 Å². The predicted molar refractivity (Wildman–Crippen MR) is 76.1 cm³/mol. The number of hydrogen-bond donors (Lipinski definition) is 0. The molecule has 1 aliphatic heterocycles. The summed E-state index contributed by atoms with van der Waals surface area (Å²) in [6, 6.07) is 4.17. The highest BCUT2D eigenvalue weighted by atomic mass is 15.3. The summed E-state index contributed by atoms with van der Waals surface area (Å²) in [4.78, 5) is 21.7. The summed E-state index contributed by atoms with van der Waals surface area (Å²) in [7, 11) is 2.12. The number of hydrogen-bond acceptors (Lipinski definition) is 6. The van der Waals surface area contributed by atoms with Gasteiger partial charge in [0, 0.05) is 43.9 Å². The highest BCUT2D eigenvalue weighted by molar-refractivity contribution is 5.30. The lowest BCUT2D eigenvalue weighted by atomic mass is 10.2. The van der Waals surface area contributed by atoms with Crippen molar-refractivity contribution in [1.82, 2.24) is 24.8 Å². The van der Waals surface area contributed by atoms with E-state index < -0.39 is 0 Å². The van der Waals surface area contributed by atoms with Crippen molar-refractivity contribution >= 4 is 5.95 Å². The Morgan fingerprint density at radius 2 is 1.75 bits per heavy atom. The molecule has 0 aliphatic carbocycles. The molecule has 1 unspecified atom stereocenters. The number of nitrogens with zero attached hydrogens (tertiary/aromatic N) is 6. The van der Waals surface area contributed by atoms with E-state index in [-0.39, 0.29) is 0 Å². The maximum atomic E-state index is 4.31. The summed E-state index contributed by atoms with van der Waals surface area (Å²) >= 11 is 0. The van der Waals surface area contributed by atoms with Crippen LogP contribution in [0.15, 0.2) is 36.9 Å². The molecule has 2 aromatic rings. The number of aromatic nitrogens is 4. The van der Waals surface area contributed by atoms with Crippen molar-refractivity contribution in [2.45, 2.75) is 19.0 Å². The van der Waals surface area contributed by atoms with E-state index in [9.17, 15) is 0 Å². The smallest absolute Gasteiger partial charge is 0.225 e. The second-order valence-corrected chi connectivity index (χ2v) is 5.02. The van der Waals surface area contributed by atoms with Crippen LogP contribution in [0.25, 0.3) is 0 Å². The zero-order valence-electron chi connectivity index (χ0n) is 11.6. The van der Waals surface area contributed by atoms with E-state index in [1.54, 1.807) is 24.8 Å². The van der Waals surface area contributed by atoms with Gasteiger partial charge in [-0.3, -0.25) is 4.90 Å². The van der Waals surface area contributed by atoms with Gasteiger partial charge in [0.25, 0.3) is 0 Å². The van der Waals surface area contributed by atoms with Crippen LogP contribution in [0, 0.1) is 0 Å². The van der Waals surface area contributed by atoms with Gasteiger partial charge in [0.05, 0.1) is 6.54 Å². The van der Waals surface area contributed by atoms with E-state index >= 15 is 0 Å². The molecule has 1 aliphatic rings. The summed E-state index contributed by atoms with van der Waals surface area (Å²) in [5, 5.41) is 0. The van der Waals surface area contributed by atoms with Gasteiger partial charge in [0.15, 0.2) is 0 Å². The molecule has 3 heterocycles. The minimum atomic E-state index is 0.489. The molecule has 6 heteroatoms. The van der Waals surface area contributed by atoms with Crippen molar-refractivity contribution in [3.05, 3.63) is 42.7 Å². The largest absolute Gasteiger partial charge is 0.339 e. The van der Waals surface area contributed by atoms with Crippen LogP contribution in [0.5, 0.6) is 0 Å². The summed E-state index contributed by atoms with van der Waals surface area (Å²) in [5.41, 5.74) is 0. The quantitative estimate of drug-likeness (QED) is 0.825. The van der Waals surface area contributed by atoms with E-state index in [0.29, 0.717) is 6.04 Å². The Morgan fingerprint density at radius 1 is 1.10 bits per heavy atom. The molecule has 0 N–H and O–H groups in total. The lowest BCUT2D eigenvalue weighted by molar-refractivity contribution is 0.244. The van der Waals surface area contributed by atoms with Crippen molar-refractivity contribution in [2.75, 3.05) is 25.0 Å². The van der Waals surface area contributed by atoms with Gasteiger partial charge >= 0.3 is 0 Å². The average Bonchev–Trinajstić information content (AvgIpc) is 2.99. The van der Waals surface area contributed by atoms with Gasteiger partial charge in [0.2, 0.25) is 5.95 Å². The van der Waals surface area contributed by atoms with Gasteiger partial charge in [0.1, 0.15) is 5.82 Å². The lowest BCUT2D eigenvalue weighted by Crippen LogP contribution is -2.35. The molecule has 0 radical (unpaired) electrons. The first-order valence-electron chi connectivity index (χ1n) is 6.81. The molecule has 0 bridgehead atoms. The van der Waals surface area contributed by atoms with Crippen LogP contribution < -0.4 is 4.90 Å². The first-order valence-corrected chi connectivity index (χ1v) is 6.81. The van der Waals surface area contributed by atoms with Crippen LogP contribution in [0.4, 0.5) is 5.95 Å². The predicted octanol–water partition coefficient (Wildman–Crippen LogP) is 0.977. The monoisotopic (exact) mass is 270 g/mol. The molecule has 1 fully saturated rings. The molecule has 0 saturated carbocycles. The van der Waals surface area contributed by atoms with Gasteiger partial charge in [-0.05, 0) is 25.6 Å². The van der Waals surface area contributed by atoms with E-state index in [1.807, 2.05) is 12.1 Å². The summed E-state index contributed by atoms with van der Waals surface area (Å²) in [6.07, 6.45) is 8.26. The Morgan fingerprint density at radius 3 is 2.45 bits per heavy atom. The lowest BCUT2D eigenvalue weighted by Gasteiger charge is -2.23. The van der Waals surface area contributed by atoms with Crippen LogP contribution in [0.3, 0.4) is 0 Å². The van der Waals surface area contributed by atoms with Gasteiger partial charge in [-0.25, -0.2) is 19.9 Å². The minimum absolute atomic E-state index is 0.489. The Kier molecular flexibility index (Phi) is 3.83. The second-order valence-electron chi connectivity index (χ2n) is 5.02. The van der Waals surface area contributed by atoms with Gasteiger partial charge in [-0.1, -0.05) is 0 Å². The maximum absolute atomic E-state index is 4.31. The fraction of sp³-hybridized carbons (Fsp3) is 0.429. The molecule has 104 valence electrons. The van der Waals surface area contributed by atoms with Crippen molar-refractivity contribution in [2.24, 2.45) is 0 Å². The first kappa shape index (κ1) is 12.9. The van der Waals surface area contributed by atoms with Crippen LogP contribution in [0.1, 0.15) is 12.2 Å². The maximum Gasteiger partial charge on any atom is 0.225 e. The average molecular weight is 270 g/mol. The van der Waals surface area contributed by atoms with E-state index in [0.717, 1.165) is 37.8 Å². The summed E-state index contributed by atoms with van der Waals surface area (Å²) in [6.45, 7) is 2.72. The molecule has 0 spiro atoms. The molecule has 0 amide bonds. The van der Waals surface area contributed by atoms with Crippen LogP contribution in [-0.2, 0) is 6.54 Å². The normalized spacial score (nSPS) is 18.7. The van der Waals surface area contributed by atoms with E-state index in [2.05, 4.69) is 36.8 Å². The number of anilines is 1. The van der Waals surface area contributed by atoms with Crippen molar-refractivity contribution in [3.8, 4) is 0 Å². The van der Waals surface area contributed by atoms with Gasteiger partial charge in [-0.15, -0.1) is 0 Å². The van der Waals surface area contributed by atoms with Crippen molar-refractivity contribution < 1.29 is 0 Å². The van der Waals surface area contributed by atoms with Crippen LogP contribution in [-0.4, -0.2) is 51.0 Å². The fourth-order valence-corrected chi connectivity index (χ4v) is 2.50. The van der Waals surface area contributed by atoms with Crippen LogP contribution in [0.2, 0.25) is 0 Å². The Labute approximate surface area is 118 Å². The van der Waals surface area contributed by atoms with Crippen molar-refractivity contribution in [1.29, 1.82) is 0 Å². The third kappa shape index (κ3) is 2.91. The molecule has 2 aromatic heterocycles. The van der Waals surface area contributed by atoms with Gasteiger partial charge < -0.3 is 4.90 Å². The zero-order valence-corrected chi connectivity index (χ0v) is 11.6. The Balaban J connectivity index is 1.60. The molecule has 1 saturated heterocycles. The summed E-state index contributed by atoms with van der Waals surface area (Å²) in [5.74, 6) is 1.68. The highest BCUT2D eigenvalue weighted by Crippen LogP contribution is 2.19. The molecule has 3 rings (SSSR count). The standard InChI is InChI=1S/C14H18N6/c1-19(11-13-15-5-2-6-16-13)12-4-9-20(10-12)14-17-7-3-8-18-14/h2-3,5-8,12H,4,9-11H2,1H3. The third-order valence-corrected chi connectivity index (χ3v) is 3.63. The topological polar surface area (TPSA) is 58.0 Å². The number of likely N-dealkylation sites (N-methyl/N-ethyl adjacent to an activating group) is 1. The fourth-order valence-electron chi connectivity index (χ4n) is 2.50. The zero-order chi connectivity index (χ0) is 13.8.